The zero-order valence-corrected chi connectivity index (χ0v) is 14.7. The van der Waals surface area contributed by atoms with Gasteiger partial charge in [0.2, 0.25) is 5.95 Å². The van der Waals surface area contributed by atoms with E-state index in [-0.39, 0.29) is 11.7 Å². The predicted molar refractivity (Wildman–Crippen MR) is 94.0 cm³/mol. The molecule has 11 heteroatoms. The lowest BCUT2D eigenvalue weighted by atomic mass is 10.0. The molecule has 27 heavy (non-hydrogen) atoms. The molecule has 144 valence electrons. The van der Waals surface area contributed by atoms with Crippen molar-refractivity contribution in [2.24, 2.45) is 0 Å². The van der Waals surface area contributed by atoms with Crippen LogP contribution < -0.4 is 10.2 Å². The number of alkyl halides is 3. The molecule has 0 unspecified atom stereocenters. The molecule has 1 aliphatic heterocycles. The van der Waals surface area contributed by atoms with E-state index in [1.165, 1.54) is 0 Å². The minimum Gasteiger partial charge on any atom is -0.375 e. The Morgan fingerprint density at radius 3 is 2.63 bits per heavy atom. The molecule has 1 fully saturated rings. The van der Waals surface area contributed by atoms with Crippen LogP contribution in [0.2, 0.25) is 5.02 Å². The van der Waals surface area contributed by atoms with Gasteiger partial charge in [-0.25, -0.2) is 9.97 Å². The van der Waals surface area contributed by atoms with Crippen LogP contribution in [0.1, 0.15) is 18.4 Å². The fourth-order valence-electron chi connectivity index (χ4n) is 3.00. The number of rotatable bonds is 4. The van der Waals surface area contributed by atoms with E-state index in [2.05, 4.69) is 15.3 Å². The molecule has 1 saturated heterocycles. The molecule has 2 aromatic rings. The Morgan fingerprint density at radius 1 is 1.30 bits per heavy atom. The van der Waals surface area contributed by atoms with Crippen LogP contribution >= 0.6 is 11.6 Å². The summed E-state index contributed by atoms with van der Waals surface area (Å²) < 4.78 is 38.9. The number of halogens is 4. The maximum atomic E-state index is 13.0. The fourth-order valence-corrected chi connectivity index (χ4v) is 3.27. The molecule has 3 rings (SSSR count). The summed E-state index contributed by atoms with van der Waals surface area (Å²) in [5, 5.41) is 13.6. The van der Waals surface area contributed by atoms with Crippen LogP contribution in [0.3, 0.4) is 0 Å². The highest BCUT2D eigenvalue weighted by atomic mass is 35.5. The Labute approximate surface area is 157 Å². The smallest absolute Gasteiger partial charge is 0.375 e. The molecule has 0 radical (unpaired) electrons. The summed E-state index contributed by atoms with van der Waals surface area (Å²) in [7, 11) is 0. The first-order valence-corrected chi connectivity index (χ1v) is 8.47. The summed E-state index contributed by atoms with van der Waals surface area (Å²) in [6, 6.07) is 2.89. The molecular weight excluding hydrogens is 387 g/mol. The third kappa shape index (κ3) is 4.38. The van der Waals surface area contributed by atoms with E-state index in [1.54, 1.807) is 18.5 Å². The maximum absolute atomic E-state index is 13.0. The van der Waals surface area contributed by atoms with E-state index in [1.807, 2.05) is 4.90 Å². The van der Waals surface area contributed by atoms with E-state index in [0.717, 1.165) is 19.0 Å². The molecular formula is C16H15ClF3N5O2. The van der Waals surface area contributed by atoms with Crippen LogP contribution in [0.25, 0.3) is 0 Å². The molecule has 2 heterocycles. The van der Waals surface area contributed by atoms with E-state index in [4.69, 9.17) is 11.6 Å². The van der Waals surface area contributed by atoms with Crippen molar-refractivity contribution in [3.05, 3.63) is 51.3 Å². The van der Waals surface area contributed by atoms with Gasteiger partial charge < -0.3 is 10.2 Å². The number of nitro benzene ring substituents is 1. The van der Waals surface area contributed by atoms with Gasteiger partial charge in [0.05, 0.1) is 15.5 Å². The van der Waals surface area contributed by atoms with Crippen LogP contribution in [0.4, 0.5) is 30.5 Å². The standard InChI is InChI=1S/C16H15ClF3N5O2/c17-12-8-13(14(25(26)27)7-11(12)16(18,19)20)23-10-3-1-6-24(9-10)15-21-4-2-5-22-15/h2,4-5,7-8,10,23H,1,3,6,9H2/t10-/m1/s1. The van der Waals surface area contributed by atoms with Crippen molar-refractivity contribution in [1.29, 1.82) is 0 Å². The lowest BCUT2D eigenvalue weighted by Gasteiger charge is -2.33. The molecule has 1 aromatic heterocycles. The topological polar surface area (TPSA) is 84.2 Å². The molecule has 7 nitrogen and oxygen atoms in total. The van der Waals surface area contributed by atoms with Crippen molar-refractivity contribution in [2.45, 2.75) is 25.1 Å². The van der Waals surface area contributed by atoms with Crippen molar-refractivity contribution in [3.63, 3.8) is 0 Å². The number of nitro groups is 1. The van der Waals surface area contributed by atoms with Gasteiger partial charge in [0.25, 0.3) is 5.69 Å². The summed E-state index contributed by atoms with van der Waals surface area (Å²) in [5.74, 6) is 0.531. The van der Waals surface area contributed by atoms with Crippen molar-refractivity contribution >= 4 is 28.9 Å². The fraction of sp³-hybridized carbons (Fsp3) is 0.375. The molecule has 1 N–H and O–H groups in total. The molecule has 0 bridgehead atoms. The number of anilines is 2. The normalized spacial score (nSPS) is 17.6. The minimum atomic E-state index is -4.77. The Kier molecular flexibility index (Phi) is 5.36. The SMILES string of the molecule is O=[N+]([O-])c1cc(C(F)(F)F)c(Cl)cc1N[C@@H]1CCCN(c2ncccn2)C1. The average Bonchev–Trinajstić information content (AvgIpc) is 2.61. The highest BCUT2D eigenvalue weighted by Crippen LogP contribution is 2.40. The molecule has 0 aliphatic carbocycles. The van der Waals surface area contributed by atoms with Crippen LogP contribution in [0.5, 0.6) is 0 Å². The lowest BCUT2D eigenvalue weighted by molar-refractivity contribution is -0.384. The average molecular weight is 402 g/mol. The zero-order chi connectivity index (χ0) is 19.6. The number of aromatic nitrogens is 2. The Hall–Kier alpha value is -2.62. The summed E-state index contributed by atoms with van der Waals surface area (Å²) in [6.07, 6.45) is -0.0798. The third-order valence-corrected chi connectivity index (χ3v) is 4.52. The van der Waals surface area contributed by atoms with Gasteiger partial charge in [0.15, 0.2) is 0 Å². The second-order valence-corrected chi connectivity index (χ2v) is 6.49. The van der Waals surface area contributed by atoms with E-state index in [0.29, 0.717) is 25.0 Å². The van der Waals surface area contributed by atoms with Gasteiger partial charge in [0, 0.05) is 37.6 Å². The van der Waals surface area contributed by atoms with Gasteiger partial charge in [-0.15, -0.1) is 0 Å². The summed E-state index contributed by atoms with van der Waals surface area (Å²) >= 11 is 5.72. The highest BCUT2D eigenvalue weighted by Gasteiger charge is 2.36. The van der Waals surface area contributed by atoms with Crippen LogP contribution in [0.15, 0.2) is 30.6 Å². The van der Waals surface area contributed by atoms with Gasteiger partial charge in [0.1, 0.15) is 5.69 Å². The van der Waals surface area contributed by atoms with E-state index in [9.17, 15) is 23.3 Å². The maximum Gasteiger partial charge on any atom is 0.418 e. The van der Waals surface area contributed by atoms with Gasteiger partial charge in [-0.2, -0.15) is 13.2 Å². The number of hydrogen-bond donors (Lipinski definition) is 1. The van der Waals surface area contributed by atoms with Crippen molar-refractivity contribution in [3.8, 4) is 0 Å². The lowest BCUT2D eigenvalue weighted by Crippen LogP contribution is -2.43. The van der Waals surface area contributed by atoms with Crippen molar-refractivity contribution < 1.29 is 18.1 Å². The molecule has 0 amide bonds. The first kappa shape index (κ1) is 19.2. The number of nitrogens with zero attached hydrogens (tertiary/aromatic N) is 4. The van der Waals surface area contributed by atoms with Gasteiger partial charge in [-0.05, 0) is 25.0 Å². The number of benzene rings is 1. The Morgan fingerprint density at radius 2 is 2.00 bits per heavy atom. The first-order valence-electron chi connectivity index (χ1n) is 8.09. The van der Waals surface area contributed by atoms with Crippen LogP contribution in [-0.4, -0.2) is 34.0 Å². The van der Waals surface area contributed by atoms with Crippen LogP contribution in [0, 0.1) is 10.1 Å². The van der Waals surface area contributed by atoms with Crippen molar-refractivity contribution in [2.75, 3.05) is 23.3 Å². The molecule has 1 atom stereocenters. The second-order valence-electron chi connectivity index (χ2n) is 6.08. The quantitative estimate of drug-likeness (QED) is 0.612. The van der Waals surface area contributed by atoms with Gasteiger partial charge >= 0.3 is 6.18 Å². The molecule has 0 saturated carbocycles. The van der Waals surface area contributed by atoms with Gasteiger partial charge in [-0.3, -0.25) is 10.1 Å². The second kappa shape index (κ2) is 7.55. The molecule has 1 aliphatic rings. The van der Waals surface area contributed by atoms with E-state index < -0.39 is 27.4 Å². The third-order valence-electron chi connectivity index (χ3n) is 4.20. The monoisotopic (exact) mass is 401 g/mol. The van der Waals surface area contributed by atoms with E-state index >= 15 is 0 Å². The highest BCUT2D eigenvalue weighted by molar-refractivity contribution is 6.31. The predicted octanol–water partition coefficient (Wildman–Crippen LogP) is 4.14. The summed E-state index contributed by atoms with van der Waals surface area (Å²) in [4.78, 5) is 20.7. The number of hydrogen-bond acceptors (Lipinski definition) is 6. The Bertz CT molecular complexity index is 835. The minimum absolute atomic E-state index is 0.0427. The largest absolute Gasteiger partial charge is 0.418 e. The van der Waals surface area contributed by atoms with Gasteiger partial charge in [-0.1, -0.05) is 11.6 Å². The summed E-state index contributed by atoms with van der Waals surface area (Å²) in [5.41, 5.74) is -1.94. The zero-order valence-electron chi connectivity index (χ0n) is 13.9. The summed E-state index contributed by atoms with van der Waals surface area (Å²) in [6.45, 7) is 1.18. The van der Waals surface area contributed by atoms with Crippen LogP contribution in [-0.2, 0) is 6.18 Å². The van der Waals surface area contributed by atoms with Crippen molar-refractivity contribution in [1.82, 2.24) is 9.97 Å². The Balaban J connectivity index is 1.84. The number of piperidine rings is 1. The molecule has 1 aromatic carbocycles. The number of nitrogens with one attached hydrogen (secondary N) is 1. The molecule has 0 spiro atoms. The first-order chi connectivity index (χ1) is 12.8.